The fourth-order valence-electron chi connectivity index (χ4n) is 5.89. The van der Waals surface area contributed by atoms with Gasteiger partial charge in [0, 0.05) is 12.4 Å². The number of alkyl halides is 3. The first-order chi connectivity index (χ1) is 15.3. The summed E-state index contributed by atoms with van der Waals surface area (Å²) in [6.45, 7) is 8.59. The van der Waals surface area contributed by atoms with Gasteiger partial charge >= 0.3 is 13.5 Å². The van der Waals surface area contributed by atoms with E-state index in [1.54, 1.807) is 19.1 Å². The SMILES string of the molecule is C[C@H](N)C(=O)NC[C@@H](Cc1ccc(OC(F)(F)F)cc1)B1OC2CC3CC(C3(C)C)[C@@]2(C)O1.Cl. The molecule has 11 heteroatoms. The second-order valence-electron chi connectivity index (χ2n) is 10.5. The maximum absolute atomic E-state index is 12.5. The Morgan fingerprint density at radius 2 is 1.91 bits per heavy atom. The highest BCUT2D eigenvalue weighted by molar-refractivity contribution is 6.47. The van der Waals surface area contributed by atoms with Crippen LogP contribution in [0, 0.1) is 17.3 Å². The zero-order chi connectivity index (χ0) is 24.2. The Morgan fingerprint density at radius 1 is 1.26 bits per heavy atom. The molecule has 34 heavy (non-hydrogen) atoms. The lowest BCUT2D eigenvalue weighted by atomic mass is 9.43. The normalized spacial score (nSPS) is 30.9. The Bertz CT molecular complexity index is 886. The van der Waals surface area contributed by atoms with E-state index in [4.69, 9.17) is 15.0 Å². The molecular formula is C23H33BClF3N2O4. The molecule has 190 valence electrons. The third kappa shape index (κ3) is 5.20. The van der Waals surface area contributed by atoms with E-state index in [1.807, 2.05) is 0 Å². The van der Waals surface area contributed by atoms with E-state index in [0.717, 1.165) is 18.4 Å². The minimum Gasteiger partial charge on any atom is -0.406 e. The zero-order valence-corrected chi connectivity index (χ0v) is 20.7. The van der Waals surface area contributed by atoms with Crippen molar-refractivity contribution in [2.24, 2.45) is 23.0 Å². The van der Waals surface area contributed by atoms with E-state index >= 15 is 0 Å². The summed E-state index contributed by atoms with van der Waals surface area (Å²) in [4.78, 5) is 12.1. The van der Waals surface area contributed by atoms with Gasteiger partial charge in [-0.25, -0.2) is 0 Å². The molecule has 2 bridgehead atoms. The van der Waals surface area contributed by atoms with Gasteiger partial charge in [-0.15, -0.1) is 25.6 Å². The van der Waals surface area contributed by atoms with Crippen LogP contribution < -0.4 is 15.8 Å². The number of hydrogen-bond donors (Lipinski definition) is 2. The Hall–Kier alpha value is -1.49. The van der Waals surface area contributed by atoms with Gasteiger partial charge in [-0.05, 0) is 68.1 Å². The molecule has 0 aromatic heterocycles. The monoisotopic (exact) mass is 504 g/mol. The molecule has 4 aliphatic rings. The van der Waals surface area contributed by atoms with Crippen molar-refractivity contribution in [3.63, 3.8) is 0 Å². The van der Waals surface area contributed by atoms with Gasteiger partial charge in [0.05, 0.1) is 17.7 Å². The Balaban J connectivity index is 0.00000324. The number of halogens is 4. The van der Waals surface area contributed by atoms with E-state index in [2.05, 4.69) is 30.8 Å². The van der Waals surface area contributed by atoms with E-state index in [9.17, 15) is 18.0 Å². The van der Waals surface area contributed by atoms with Gasteiger partial charge in [0.1, 0.15) is 5.75 Å². The number of nitrogens with one attached hydrogen (secondary N) is 1. The smallest absolute Gasteiger partial charge is 0.406 e. The van der Waals surface area contributed by atoms with Crippen molar-refractivity contribution in [1.82, 2.24) is 5.32 Å². The summed E-state index contributed by atoms with van der Waals surface area (Å²) in [5, 5.41) is 2.86. The lowest BCUT2D eigenvalue weighted by molar-refractivity contribution is -0.274. The first-order valence-electron chi connectivity index (χ1n) is 11.5. The molecule has 3 saturated carbocycles. The highest BCUT2D eigenvalue weighted by Gasteiger charge is 2.68. The fourth-order valence-corrected chi connectivity index (χ4v) is 5.89. The van der Waals surface area contributed by atoms with Gasteiger partial charge in [0.15, 0.2) is 0 Å². The minimum atomic E-state index is -4.74. The second kappa shape index (κ2) is 9.52. The fraction of sp³-hybridized carbons (Fsp3) is 0.696. The number of hydrogen-bond acceptors (Lipinski definition) is 5. The van der Waals surface area contributed by atoms with E-state index in [0.29, 0.717) is 18.3 Å². The number of carbonyl (C=O) groups excluding carboxylic acids is 1. The summed E-state index contributed by atoms with van der Waals surface area (Å²) in [6.07, 6.45) is -2.22. The van der Waals surface area contributed by atoms with Crippen LogP contribution in [-0.4, -0.2) is 43.7 Å². The van der Waals surface area contributed by atoms with Crippen LogP contribution in [0.3, 0.4) is 0 Å². The predicted octanol–water partition coefficient (Wildman–Crippen LogP) is 4.11. The van der Waals surface area contributed by atoms with E-state index in [1.165, 1.54) is 12.1 Å². The van der Waals surface area contributed by atoms with E-state index in [-0.39, 0.29) is 47.9 Å². The highest BCUT2D eigenvalue weighted by atomic mass is 35.5. The Labute approximate surface area is 205 Å². The first-order valence-corrected chi connectivity index (χ1v) is 11.5. The standard InChI is InChI=1S/C23H32BF3N2O4.ClH/c1-13(28)20(30)29-12-16(9-14-5-7-17(8-6-14)31-23(25,26)27)24-32-19-11-15-10-18(21(15,2)3)22(19,4)33-24;/h5-8,13,15-16,18-19H,9-12,28H2,1-4H3,(H,29,30);1H/t13-,15?,16+,18?,19?,22+;/m0./s1. The maximum Gasteiger partial charge on any atom is 0.573 e. The van der Waals surface area contributed by atoms with Crippen LogP contribution in [-0.2, 0) is 20.5 Å². The molecule has 1 amide bonds. The summed E-state index contributed by atoms with van der Waals surface area (Å²) < 4.78 is 54.3. The maximum atomic E-state index is 12.5. The summed E-state index contributed by atoms with van der Waals surface area (Å²) in [5.74, 6) is 0.225. The van der Waals surface area contributed by atoms with Crippen molar-refractivity contribution in [3.05, 3.63) is 29.8 Å². The average Bonchev–Trinajstić information content (AvgIpc) is 3.07. The topological polar surface area (TPSA) is 82.8 Å². The molecule has 5 rings (SSSR count). The summed E-state index contributed by atoms with van der Waals surface area (Å²) in [5.41, 5.74) is 6.29. The zero-order valence-electron chi connectivity index (χ0n) is 19.9. The third-order valence-corrected chi connectivity index (χ3v) is 7.96. The summed E-state index contributed by atoms with van der Waals surface area (Å²) >= 11 is 0. The van der Waals surface area contributed by atoms with Crippen molar-refractivity contribution in [1.29, 1.82) is 0 Å². The predicted molar refractivity (Wildman–Crippen MR) is 125 cm³/mol. The molecule has 1 aromatic carbocycles. The van der Waals surface area contributed by atoms with Gasteiger partial charge < -0.3 is 25.1 Å². The summed E-state index contributed by atoms with van der Waals surface area (Å²) in [7, 11) is -0.533. The van der Waals surface area contributed by atoms with Crippen LogP contribution in [0.25, 0.3) is 0 Å². The largest absolute Gasteiger partial charge is 0.573 e. The van der Waals surface area contributed by atoms with Crippen LogP contribution in [0.5, 0.6) is 5.75 Å². The number of nitrogens with two attached hydrogens (primary N) is 1. The molecule has 4 fully saturated rings. The van der Waals surface area contributed by atoms with Crippen molar-refractivity contribution >= 4 is 25.4 Å². The van der Waals surface area contributed by atoms with Crippen LogP contribution in [0.2, 0.25) is 5.82 Å². The van der Waals surface area contributed by atoms with Crippen LogP contribution >= 0.6 is 12.4 Å². The molecule has 1 aliphatic heterocycles. The van der Waals surface area contributed by atoms with Gasteiger partial charge in [0.2, 0.25) is 5.91 Å². The number of ether oxygens (including phenoxy) is 1. The van der Waals surface area contributed by atoms with Gasteiger partial charge in [-0.2, -0.15) is 0 Å². The number of carbonyl (C=O) groups is 1. The molecule has 1 aromatic rings. The average molecular weight is 505 g/mol. The second-order valence-corrected chi connectivity index (χ2v) is 10.5. The lowest BCUT2D eigenvalue weighted by Gasteiger charge is -2.64. The van der Waals surface area contributed by atoms with Crippen LogP contribution in [0.15, 0.2) is 24.3 Å². The molecule has 1 heterocycles. The van der Waals surface area contributed by atoms with E-state index < -0.39 is 25.1 Å². The quantitative estimate of drug-likeness (QED) is 0.546. The van der Waals surface area contributed by atoms with Crippen LogP contribution in [0.1, 0.15) is 46.1 Å². The molecule has 3 aliphatic carbocycles. The van der Waals surface area contributed by atoms with Crippen molar-refractivity contribution in [2.75, 3.05) is 6.54 Å². The van der Waals surface area contributed by atoms with Crippen molar-refractivity contribution in [2.45, 2.75) is 76.9 Å². The lowest BCUT2D eigenvalue weighted by Crippen LogP contribution is -2.65. The molecule has 0 spiro atoms. The molecule has 6 nitrogen and oxygen atoms in total. The molecule has 0 radical (unpaired) electrons. The Morgan fingerprint density at radius 3 is 2.47 bits per heavy atom. The van der Waals surface area contributed by atoms with Crippen molar-refractivity contribution < 1.29 is 32.0 Å². The van der Waals surface area contributed by atoms with Gasteiger partial charge in [-0.3, -0.25) is 4.79 Å². The third-order valence-electron chi connectivity index (χ3n) is 7.96. The van der Waals surface area contributed by atoms with Crippen molar-refractivity contribution in [3.8, 4) is 5.75 Å². The number of amides is 1. The van der Waals surface area contributed by atoms with Crippen LogP contribution in [0.4, 0.5) is 13.2 Å². The summed E-state index contributed by atoms with van der Waals surface area (Å²) in [6, 6.07) is 5.10. The number of benzene rings is 1. The molecular weight excluding hydrogens is 472 g/mol. The molecule has 6 atom stereocenters. The first kappa shape index (κ1) is 27.1. The van der Waals surface area contributed by atoms with Gasteiger partial charge in [-0.1, -0.05) is 26.0 Å². The van der Waals surface area contributed by atoms with Gasteiger partial charge in [0.25, 0.3) is 0 Å². The minimum absolute atomic E-state index is 0. The number of rotatable bonds is 7. The molecule has 1 saturated heterocycles. The molecule has 3 unspecified atom stereocenters. The Kier molecular flexibility index (Phi) is 7.59. The highest BCUT2D eigenvalue weighted by Crippen LogP contribution is 2.66. The molecule has 3 N–H and O–H groups in total.